The predicted octanol–water partition coefficient (Wildman–Crippen LogP) is 2.05. The van der Waals surface area contributed by atoms with E-state index < -0.39 is 11.7 Å². The molecule has 0 aromatic rings. The summed E-state index contributed by atoms with van der Waals surface area (Å²) in [5.41, 5.74) is 0.291. The van der Waals surface area contributed by atoms with E-state index in [2.05, 4.69) is 16.8 Å². The Balaban J connectivity index is 2.11. The van der Waals surface area contributed by atoms with Crippen LogP contribution in [0.4, 0.5) is 4.79 Å². The van der Waals surface area contributed by atoms with Gasteiger partial charge in [-0.25, -0.2) is 4.79 Å². The Hall–Kier alpha value is -1.72. The maximum Gasteiger partial charge on any atom is 0.407 e. The number of nitrogens with one attached hydrogen (secondary N) is 1. The van der Waals surface area contributed by atoms with Crippen molar-refractivity contribution < 1.29 is 19.1 Å². The summed E-state index contributed by atoms with van der Waals surface area (Å²) in [7, 11) is 0. The van der Waals surface area contributed by atoms with Gasteiger partial charge >= 0.3 is 12.1 Å². The summed E-state index contributed by atoms with van der Waals surface area (Å²) in [6.07, 6.45) is 1.91. The van der Waals surface area contributed by atoms with Gasteiger partial charge in [0.15, 0.2) is 0 Å². The molecule has 0 radical (unpaired) electrons. The third-order valence-corrected chi connectivity index (χ3v) is 2.95. The van der Waals surface area contributed by atoms with E-state index in [4.69, 9.17) is 9.47 Å². The molecule has 0 aromatic carbocycles. The van der Waals surface area contributed by atoms with Crippen molar-refractivity contribution >= 4 is 12.1 Å². The van der Waals surface area contributed by atoms with Crippen molar-refractivity contribution in [3.8, 4) is 0 Å². The zero-order valence-corrected chi connectivity index (χ0v) is 13.2. The van der Waals surface area contributed by atoms with Crippen LogP contribution in [0, 0.1) is 0 Å². The molecule has 1 heterocycles. The van der Waals surface area contributed by atoms with Gasteiger partial charge < -0.3 is 19.7 Å². The first-order chi connectivity index (χ1) is 9.78. The standard InChI is InChI=1S/C15H26N2O4/c1-12(17-9-5-6-10-17)11-20-13(18)7-8-16-14(19)21-15(2,3)4/h1,5-11H2,2-4H3,(H,16,19). The van der Waals surface area contributed by atoms with Crippen LogP contribution in [0.15, 0.2) is 12.3 Å². The van der Waals surface area contributed by atoms with Crippen molar-refractivity contribution in [2.45, 2.75) is 45.6 Å². The van der Waals surface area contributed by atoms with Crippen LogP contribution >= 0.6 is 0 Å². The molecule has 1 amide bonds. The number of rotatable bonds is 6. The highest BCUT2D eigenvalue weighted by atomic mass is 16.6. The van der Waals surface area contributed by atoms with Crippen LogP contribution in [-0.4, -0.2) is 48.8 Å². The fraction of sp³-hybridized carbons (Fsp3) is 0.733. The molecule has 6 nitrogen and oxygen atoms in total. The molecule has 1 fully saturated rings. The molecule has 0 aromatic heterocycles. The van der Waals surface area contributed by atoms with Gasteiger partial charge in [0.2, 0.25) is 0 Å². The van der Waals surface area contributed by atoms with Crippen LogP contribution in [0.3, 0.4) is 0 Å². The number of likely N-dealkylation sites (tertiary alicyclic amines) is 1. The molecule has 0 aliphatic carbocycles. The highest BCUT2D eigenvalue weighted by molar-refractivity contribution is 5.72. The van der Waals surface area contributed by atoms with Gasteiger partial charge in [0.25, 0.3) is 0 Å². The normalized spacial score (nSPS) is 14.7. The molecule has 1 rings (SSSR count). The van der Waals surface area contributed by atoms with Crippen LogP contribution in [-0.2, 0) is 14.3 Å². The van der Waals surface area contributed by atoms with Gasteiger partial charge in [-0.15, -0.1) is 0 Å². The highest BCUT2D eigenvalue weighted by Crippen LogP contribution is 2.13. The van der Waals surface area contributed by atoms with E-state index in [-0.39, 0.29) is 25.5 Å². The molecule has 0 spiro atoms. The smallest absolute Gasteiger partial charge is 0.407 e. The van der Waals surface area contributed by atoms with Gasteiger partial charge in [-0.3, -0.25) is 4.79 Å². The number of ether oxygens (including phenoxy) is 2. The minimum atomic E-state index is -0.544. The number of esters is 1. The zero-order chi connectivity index (χ0) is 15.9. The first kappa shape index (κ1) is 17.3. The second-order valence-electron chi connectivity index (χ2n) is 6.10. The van der Waals surface area contributed by atoms with E-state index in [9.17, 15) is 9.59 Å². The van der Waals surface area contributed by atoms with Gasteiger partial charge in [0.1, 0.15) is 12.2 Å². The zero-order valence-electron chi connectivity index (χ0n) is 13.2. The predicted molar refractivity (Wildman–Crippen MR) is 79.8 cm³/mol. The lowest BCUT2D eigenvalue weighted by Gasteiger charge is -2.20. The van der Waals surface area contributed by atoms with Gasteiger partial charge in [0.05, 0.1) is 6.42 Å². The van der Waals surface area contributed by atoms with E-state index in [0.29, 0.717) is 0 Å². The molecule has 1 N–H and O–H groups in total. The van der Waals surface area contributed by atoms with Crippen molar-refractivity contribution in [1.82, 2.24) is 10.2 Å². The molecule has 1 aliphatic heterocycles. The Morgan fingerprint density at radius 2 is 1.86 bits per heavy atom. The Kier molecular flexibility index (Phi) is 6.52. The average molecular weight is 298 g/mol. The van der Waals surface area contributed by atoms with Crippen molar-refractivity contribution in [2.24, 2.45) is 0 Å². The first-order valence-electron chi connectivity index (χ1n) is 7.33. The number of carbonyl (C=O) groups excluding carboxylic acids is 2. The monoisotopic (exact) mass is 298 g/mol. The third-order valence-electron chi connectivity index (χ3n) is 2.95. The highest BCUT2D eigenvalue weighted by Gasteiger charge is 2.17. The van der Waals surface area contributed by atoms with Crippen LogP contribution in [0.1, 0.15) is 40.0 Å². The van der Waals surface area contributed by atoms with Gasteiger partial charge in [-0.05, 0) is 33.6 Å². The molecule has 0 unspecified atom stereocenters. The fourth-order valence-electron chi connectivity index (χ4n) is 1.94. The van der Waals surface area contributed by atoms with E-state index in [1.54, 1.807) is 20.8 Å². The SMILES string of the molecule is C=C(COC(=O)CCNC(=O)OC(C)(C)C)N1CCCC1. The molecular formula is C15H26N2O4. The molecule has 120 valence electrons. The van der Waals surface area contributed by atoms with E-state index in [0.717, 1.165) is 31.6 Å². The van der Waals surface area contributed by atoms with Crippen molar-refractivity contribution in [2.75, 3.05) is 26.2 Å². The summed E-state index contributed by atoms with van der Waals surface area (Å²) in [6.45, 7) is 11.6. The summed E-state index contributed by atoms with van der Waals surface area (Å²) in [6, 6.07) is 0. The van der Waals surface area contributed by atoms with E-state index in [1.807, 2.05) is 0 Å². The van der Waals surface area contributed by atoms with Crippen LogP contribution in [0.2, 0.25) is 0 Å². The largest absolute Gasteiger partial charge is 0.459 e. The quantitative estimate of drug-likeness (QED) is 0.760. The molecule has 21 heavy (non-hydrogen) atoms. The average Bonchev–Trinajstić information content (AvgIpc) is 2.87. The topological polar surface area (TPSA) is 67.9 Å². The minimum Gasteiger partial charge on any atom is -0.459 e. The summed E-state index contributed by atoms with van der Waals surface area (Å²) >= 11 is 0. The van der Waals surface area contributed by atoms with Crippen LogP contribution in [0.5, 0.6) is 0 Å². The van der Waals surface area contributed by atoms with E-state index >= 15 is 0 Å². The number of alkyl carbamates (subject to hydrolysis) is 1. The van der Waals surface area contributed by atoms with E-state index in [1.165, 1.54) is 0 Å². The molecular weight excluding hydrogens is 272 g/mol. The second-order valence-corrected chi connectivity index (χ2v) is 6.10. The van der Waals surface area contributed by atoms with Crippen LogP contribution < -0.4 is 5.32 Å². The molecule has 6 heteroatoms. The molecule has 0 saturated carbocycles. The molecule has 0 atom stereocenters. The maximum absolute atomic E-state index is 11.6. The van der Waals surface area contributed by atoms with Gasteiger partial charge in [0, 0.05) is 25.3 Å². The summed E-state index contributed by atoms with van der Waals surface area (Å²) in [4.78, 5) is 25.1. The Bertz CT molecular complexity index is 382. The van der Waals surface area contributed by atoms with Gasteiger partial charge in [-0.2, -0.15) is 0 Å². The molecule has 1 saturated heterocycles. The number of nitrogens with zero attached hydrogens (tertiary/aromatic N) is 1. The Morgan fingerprint density at radius 1 is 1.24 bits per heavy atom. The Labute approximate surface area is 126 Å². The van der Waals surface area contributed by atoms with Gasteiger partial charge in [-0.1, -0.05) is 6.58 Å². The Morgan fingerprint density at radius 3 is 2.43 bits per heavy atom. The first-order valence-corrected chi connectivity index (χ1v) is 7.33. The summed E-state index contributed by atoms with van der Waals surface area (Å²) in [5, 5.41) is 2.52. The molecule has 0 bridgehead atoms. The fourth-order valence-corrected chi connectivity index (χ4v) is 1.94. The third kappa shape index (κ3) is 7.58. The number of hydrogen-bond donors (Lipinski definition) is 1. The summed E-state index contributed by atoms with van der Waals surface area (Å²) < 4.78 is 10.2. The lowest BCUT2D eigenvalue weighted by molar-refractivity contribution is -0.142. The van der Waals surface area contributed by atoms with Crippen molar-refractivity contribution in [1.29, 1.82) is 0 Å². The van der Waals surface area contributed by atoms with Crippen LogP contribution in [0.25, 0.3) is 0 Å². The summed E-state index contributed by atoms with van der Waals surface area (Å²) in [5.74, 6) is -0.355. The second kappa shape index (κ2) is 7.90. The van der Waals surface area contributed by atoms with Crippen molar-refractivity contribution in [3.63, 3.8) is 0 Å². The van der Waals surface area contributed by atoms with Crippen molar-refractivity contribution in [3.05, 3.63) is 12.3 Å². The molecule has 1 aliphatic rings. The lowest BCUT2D eigenvalue weighted by atomic mass is 10.2. The minimum absolute atomic E-state index is 0.118. The number of hydrogen-bond acceptors (Lipinski definition) is 5. The lowest BCUT2D eigenvalue weighted by Crippen LogP contribution is -2.33. The maximum atomic E-state index is 11.6. The number of amides is 1. The number of carbonyl (C=O) groups is 2.